The first-order chi connectivity index (χ1) is 17.0. The normalized spacial score (nSPS) is 47.0. The van der Waals surface area contributed by atoms with E-state index in [1.54, 1.807) is 0 Å². The molecule has 5 fully saturated rings. The maximum absolute atomic E-state index is 13.0. The molecular weight excluding hydrogens is 450 g/mol. The molecule has 3 N–H and O–H groups in total. The molecule has 4 aliphatic carbocycles. The summed E-state index contributed by atoms with van der Waals surface area (Å²) < 4.78 is 0. The molecule has 1 aliphatic heterocycles. The quantitative estimate of drug-likeness (QED) is 0.484. The van der Waals surface area contributed by atoms with Crippen LogP contribution in [0.5, 0.6) is 0 Å². The molecule has 1 saturated heterocycles. The Kier molecular flexibility index (Phi) is 7.35. The van der Waals surface area contributed by atoms with Crippen LogP contribution < -0.4 is 0 Å². The van der Waals surface area contributed by atoms with Crippen molar-refractivity contribution >= 4 is 5.91 Å². The average molecular weight is 504 g/mol. The van der Waals surface area contributed by atoms with Gasteiger partial charge in [0.1, 0.15) is 0 Å². The SMILES string of the molecule is CCC1(O)CCN(C(=O)CC[C@@H](C)[C@H]2CC[C@H]3[C@@H]4CC[C@H]5C[C@@H](O)CC[C@]5(C)[C@H]4[C@@H](O)C[C@]23C)CC1. The van der Waals surface area contributed by atoms with Gasteiger partial charge in [-0.15, -0.1) is 0 Å². The summed E-state index contributed by atoms with van der Waals surface area (Å²) in [4.78, 5) is 15.0. The first-order valence-electron chi connectivity index (χ1n) is 15.4. The topological polar surface area (TPSA) is 81.0 Å². The molecule has 0 spiro atoms. The maximum Gasteiger partial charge on any atom is 0.222 e. The van der Waals surface area contributed by atoms with Gasteiger partial charge in [0, 0.05) is 19.5 Å². The smallest absolute Gasteiger partial charge is 0.222 e. The van der Waals surface area contributed by atoms with E-state index in [4.69, 9.17) is 0 Å². The predicted octanol–water partition coefficient (Wildman–Crippen LogP) is 5.16. The first-order valence-corrected chi connectivity index (χ1v) is 15.4. The predicted molar refractivity (Wildman–Crippen MR) is 142 cm³/mol. The average Bonchev–Trinajstić information content (AvgIpc) is 3.19. The minimum Gasteiger partial charge on any atom is -0.393 e. The fourth-order valence-electron chi connectivity index (χ4n) is 10.6. The Balaban J connectivity index is 1.22. The summed E-state index contributed by atoms with van der Waals surface area (Å²) in [5.41, 5.74) is -0.231. The maximum atomic E-state index is 13.0. The van der Waals surface area contributed by atoms with E-state index >= 15 is 0 Å². The van der Waals surface area contributed by atoms with Crippen molar-refractivity contribution in [2.24, 2.45) is 46.3 Å². The second-order valence-corrected chi connectivity index (χ2v) is 14.4. The molecule has 0 bridgehead atoms. The van der Waals surface area contributed by atoms with Gasteiger partial charge in [0.05, 0.1) is 17.8 Å². The summed E-state index contributed by atoms with van der Waals surface area (Å²) in [6.45, 7) is 10.7. The molecule has 206 valence electrons. The van der Waals surface area contributed by atoms with Crippen molar-refractivity contribution in [3.8, 4) is 0 Å². The van der Waals surface area contributed by atoms with Crippen molar-refractivity contribution in [3.63, 3.8) is 0 Å². The minimum absolute atomic E-state index is 0.146. The molecule has 5 heteroatoms. The van der Waals surface area contributed by atoms with Gasteiger partial charge in [-0.1, -0.05) is 27.7 Å². The van der Waals surface area contributed by atoms with Gasteiger partial charge in [-0.3, -0.25) is 4.79 Å². The number of fused-ring (bicyclic) bond motifs is 5. The van der Waals surface area contributed by atoms with Crippen LogP contribution in [0.15, 0.2) is 0 Å². The Morgan fingerprint density at radius 2 is 1.72 bits per heavy atom. The number of nitrogens with zero attached hydrogens (tertiary/aromatic N) is 1. The molecule has 4 saturated carbocycles. The van der Waals surface area contributed by atoms with Crippen LogP contribution in [-0.2, 0) is 4.79 Å². The number of carbonyl (C=O) groups excluding carboxylic acids is 1. The van der Waals surface area contributed by atoms with Gasteiger partial charge >= 0.3 is 0 Å². The third-order valence-corrected chi connectivity index (χ3v) is 12.8. The Morgan fingerprint density at radius 1 is 1.00 bits per heavy atom. The molecule has 0 aromatic carbocycles. The molecule has 5 rings (SSSR count). The van der Waals surface area contributed by atoms with Crippen LogP contribution in [0.25, 0.3) is 0 Å². The van der Waals surface area contributed by atoms with Gasteiger partial charge in [-0.2, -0.15) is 0 Å². The summed E-state index contributed by atoms with van der Waals surface area (Å²) in [6.07, 6.45) is 12.1. The molecule has 0 unspecified atom stereocenters. The monoisotopic (exact) mass is 503 g/mol. The van der Waals surface area contributed by atoms with E-state index in [1.807, 2.05) is 11.8 Å². The Labute approximate surface area is 219 Å². The third-order valence-electron chi connectivity index (χ3n) is 12.8. The molecule has 0 radical (unpaired) electrons. The molecule has 5 nitrogen and oxygen atoms in total. The van der Waals surface area contributed by atoms with E-state index in [0.717, 1.165) is 38.5 Å². The van der Waals surface area contributed by atoms with E-state index in [0.29, 0.717) is 67.9 Å². The fraction of sp³-hybridized carbons (Fsp3) is 0.968. The number of aliphatic hydroxyl groups is 3. The van der Waals surface area contributed by atoms with Crippen LogP contribution in [0, 0.1) is 46.3 Å². The van der Waals surface area contributed by atoms with Gasteiger partial charge in [-0.05, 0) is 123 Å². The summed E-state index contributed by atoms with van der Waals surface area (Å²) >= 11 is 0. The number of piperidine rings is 1. The Bertz CT molecular complexity index is 808. The molecule has 5 aliphatic rings. The van der Waals surface area contributed by atoms with E-state index in [1.165, 1.54) is 25.7 Å². The van der Waals surface area contributed by atoms with E-state index < -0.39 is 5.60 Å². The zero-order valence-electron chi connectivity index (χ0n) is 23.4. The second-order valence-electron chi connectivity index (χ2n) is 14.4. The third kappa shape index (κ3) is 4.47. The van der Waals surface area contributed by atoms with Crippen molar-refractivity contribution in [1.82, 2.24) is 4.90 Å². The van der Waals surface area contributed by atoms with Crippen molar-refractivity contribution in [3.05, 3.63) is 0 Å². The highest BCUT2D eigenvalue weighted by atomic mass is 16.3. The largest absolute Gasteiger partial charge is 0.393 e. The first kappa shape index (κ1) is 26.9. The van der Waals surface area contributed by atoms with Crippen LogP contribution in [0.1, 0.15) is 111 Å². The lowest BCUT2D eigenvalue weighted by Gasteiger charge is -2.62. The number of amides is 1. The van der Waals surface area contributed by atoms with Gasteiger partial charge in [0.25, 0.3) is 0 Å². The zero-order chi connectivity index (χ0) is 25.9. The van der Waals surface area contributed by atoms with Gasteiger partial charge in [-0.25, -0.2) is 0 Å². The molecule has 0 aromatic heterocycles. The number of likely N-dealkylation sites (tertiary alicyclic amines) is 1. The highest BCUT2D eigenvalue weighted by molar-refractivity contribution is 5.76. The van der Waals surface area contributed by atoms with E-state index in [9.17, 15) is 20.1 Å². The Morgan fingerprint density at radius 3 is 2.42 bits per heavy atom. The minimum atomic E-state index is -0.579. The van der Waals surface area contributed by atoms with Crippen LogP contribution in [-0.4, -0.2) is 57.0 Å². The molecule has 0 aromatic rings. The molecule has 36 heavy (non-hydrogen) atoms. The molecule has 10 atom stereocenters. The fourth-order valence-corrected chi connectivity index (χ4v) is 10.6. The van der Waals surface area contributed by atoms with Crippen LogP contribution in [0.3, 0.4) is 0 Å². The summed E-state index contributed by atoms with van der Waals surface area (Å²) in [5.74, 6) is 3.57. The van der Waals surface area contributed by atoms with Gasteiger partial charge in [0.15, 0.2) is 0 Å². The van der Waals surface area contributed by atoms with Crippen molar-refractivity contribution in [1.29, 1.82) is 0 Å². The van der Waals surface area contributed by atoms with Crippen LogP contribution in [0.2, 0.25) is 0 Å². The molecule has 1 amide bonds. The zero-order valence-corrected chi connectivity index (χ0v) is 23.4. The highest BCUT2D eigenvalue weighted by Gasteiger charge is 2.63. The lowest BCUT2D eigenvalue weighted by Crippen LogP contribution is -2.59. The lowest BCUT2D eigenvalue weighted by atomic mass is 9.43. The van der Waals surface area contributed by atoms with Crippen molar-refractivity contribution < 1.29 is 20.1 Å². The number of hydrogen-bond acceptors (Lipinski definition) is 4. The number of rotatable bonds is 5. The van der Waals surface area contributed by atoms with Crippen molar-refractivity contribution in [2.45, 2.75) is 129 Å². The lowest BCUT2D eigenvalue weighted by molar-refractivity contribution is -0.179. The highest BCUT2D eigenvalue weighted by Crippen LogP contribution is 2.68. The van der Waals surface area contributed by atoms with Gasteiger partial charge in [0.2, 0.25) is 5.91 Å². The molecular formula is C31H53NO4. The molecule has 1 heterocycles. The summed E-state index contributed by atoms with van der Waals surface area (Å²) in [7, 11) is 0. The number of hydrogen-bond donors (Lipinski definition) is 3. The van der Waals surface area contributed by atoms with E-state index in [-0.39, 0.29) is 28.9 Å². The number of carbonyl (C=O) groups is 1. The van der Waals surface area contributed by atoms with Crippen LogP contribution >= 0.6 is 0 Å². The standard InChI is InChI=1S/C31H53NO4/c1-5-31(36)14-16-32(17-15-31)27(35)11-6-20(2)24-9-10-25-23-8-7-21-18-22(33)12-13-29(21,3)28(23)26(34)19-30(24,25)4/h20-26,28,33-34,36H,5-19H2,1-4H3/t20-,21+,22+,23+,24-,25+,26+,28-,29+,30-/m1/s1. The van der Waals surface area contributed by atoms with Gasteiger partial charge < -0.3 is 20.2 Å². The number of aliphatic hydroxyl groups excluding tert-OH is 2. The van der Waals surface area contributed by atoms with Crippen molar-refractivity contribution in [2.75, 3.05) is 13.1 Å². The summed E-state index contributed by atoms with van der Waals surface area (Å²) in [5, 5.41) is 32.5. The van der Waals surface area contributed by atoms with E-state index in [2.05, 4.69) is 20.8 Å². The van der Waals surface area contributed by atoms with Crippen LogP contribution in [0.4, 0.5) is 0 Å². The second kappa shape index (κ2) is 9.83. The summed E-state index contributed by atoms with van der Waals surface area (Å²) in [6, 6.07) is 0. The Hall–Kier alpha value is -0.650.